The topological polar surface area (TPSA) is 172 Å². The average molecular weight is 654 g/mol. The van der Waals surface area contributed by atoms with Gasteiger partial charge in [0.2, 0.25) is 0 Å². The van der Waals surface area contributed by atoms with Crippen LogP contribution in [-0.2, 0) is 33.1 Å². The van der Waals surface area contributed by atoms with Gasteiger partial charge in [-0.1, -0.05) is 0 Å². The fourth-order valence-corrected chi connectivity index (χ4v) is 6.31. The summed E-state index contributed by atoms with van der Waals surface area (Å²) in [7, 11) is 0. The van der Waals surface area contributed by atoms with Crippen molar-refractivity contribution in [2.45, 2.75) is 79.4 Å². The molecule has 0 amide bonds. The molecule has 6 N–H and O–H groups in total. The SMILES string of the molecule is CC1=C(CCC(=O)O)c2cc3[nH]c(cc4nc(cc5[nH]c(cc1n2)c(C(C)O)c5C)C(C(C)O)=C4C)c(C)c3CCC(=O)O.[Mn]. The van der Waals surface area contributed by atoms with Crippen molar-refractivity contribution in [1.82, 2.24) is 19.9 Å². The Hall–Kier alpha value is -4.02. The van der Waals surface area contributed by atoms with Gasteiger partial charge in [0, 0.05) is 63.1 Å². The molecule has 2 atom stereocenters. The summed E-state index contributed by atoms with van der Waals surface area (Å²) in [4.78, 5) is 39.8. The number of hydrogen-bond donors (Lipinski definition) is 6. The summed E-state index contributed by atoms with van der Waals surface area (Å²) in [6.45, 7) is 11.1. The van der Waals surface area contributed by atoms with Crippen LogP contribution in [0.4, 0.5) is 0 Å². The number of nitrogens with zero attached hydrogens (tertiary/aromatic N) is 2. The molecule has 11 heteroatoms. The number of aromatic nitrogens is 4. The monoisotopic (exact) mass is 653 g/mol. The number of nitrogens with one attached hydrogen (secondary N) is 2. The molecule has 3 aromatic heterocycles. The number of carboxylic acids is 2. The van der Waals surface area contributed by atoms with Crippen molar-refractivity contribution in [3.63, 3.8) is 0 Å². The van der Waals surface area contributed by atoms with Gasteiger partial charge < -0.3 is 30.4 Å². The zero-order valence-corrected chi connectivity index (χ0v) is 27.4. The number of carbonyl (C=O) groups is 2. The summed E-state index contributed by atoms with van der Waals surface area (Å²) < 4.78 is 0. The van der Waals surface area contributed by atoms with Gasteiger partial charge in [0.1, 0.15) is 0 Å². The number of carboxylic acid groups (broad SMARTS) is 2. The molecule has 0 saturated carbocycles. The van der Waals surface area contributed by atoms with Crippen molar-refractivity contribution in [2.24, 2.45) is 0 Å². The minimum absolute atomic E-state index is 0. The van der Waals surface area contributed by atoms with E-state index >= 15 is 0 Å². The van der Waals surface area contributed by atoms with Crippen molar-refractivity contribution in [1.29, 1.82) is 0 Å². The van der Waals surface area contributed by atoms with Crippen LogP contribution in [0, 0.1) is 13.8 Å². The average Bonchev–Trinajstić information content (AvgIpc) is 3.59. The Morgan fingerprint density at radius 1 is 0.689 bits per heavy atom. The van der Waals surface area contributed by atoms with E-state index in [-0.39, 0.29) is 42.8 Å². The molecule has 2 aliphatic heterocycles. The summed E-state index contributed by atoms with van der Waals surface area (Å²) in [5.41, 5.74) is 11.7. The quantitative estimate of drug-likeness (QED) is 0.158. The van der Waals surface area contributed by atoms with Gasteiger partial charge in [-0.25, -0.2) is 9.97 Å². The summed E-state index contributed by atoms with van der Waals surface area (Å²) in [5.74, 6) is -1.83. The first-order chi connectivity index (χ1) is 20.8. The number of aromatic amines is 2. The fraction of sp³-hybridized carbons (Fsp3) is 0.353. The summed E-state index contributed by atoms with van der Waals surface area (Å²) in [6, 6.07) is 7.51. The standard InChI is InChI=1S/C34H38N4O6.Mn/c1-15-21(7-9-31(41)42)27-14-28-22(8-10-32(43)44)16(2)24(36-28)12-29-34(20(6)40)18(4)26(38-29)13-30-33(19(5)39)17(3)25(37-30)11-23(15)35-27;/h11-14,19-20,35,38-40H,7-10H2,1-6H3,(H,41,42)(H,43,44);. The van der Waals surface area contributed by atoms with E-state index in [9.17, 15) is 30.0 Å². The zero-order valence-electron chi connectivity index (χ0n) is 26.2. The second kappa shape index (κ2) is 13.1. The normalized spacial score (nSPS) is 14.4. The van der Waals surface area contributed by atoms with Crippen LogP contribution in [0.1, 0.15) is 98.1 Å². The second-order valence-electron chi connectivity index (χ2n) is 11.7. The summed E-state index contributed by atoms with van der Waals surface area (Å²) >= 11 is 0. The molecule has 5 heterocycles. The molecule has 8 bridgehead atoms. The molecule has 0 spiro atoms. The summed E-state index contributed by atoms with van der Waals surface area (Å²) in [6.07, 6.45) is -1.16. The van der Waals surface area contributed by atoms with Crippen molar-refractivity contribution in [3.8, 4) is 0 Å². The van der Waals surface area contributed by atoms with Crippen LogP contribution >= 0.6 is 0 Å². The number of hydrogen-bond acceptors (Lipinski definition) is 6. The number of aliphatic hydroxyl groups excluding tert-OH is 2. The van der Waals surface area contributed by atoms with E-state index in [0.29, 0.717) is 44.9 Å². The maximum Gasteiger partial charge on any atom is 0.303 e. The first-order valence-corrected chi connectivity index (χ1v) is 14.7. The fourth-order valence-electron chi connectivity index (χ4n) is 6.31. The third-order valence-electron chi connectivity index (χ3n) is 8.65. The first kappa shape index (κ1) is 33.9. The van der Waals surface area contributed by atoms with Crippen LogP contribution in [0.3, 0.4) is 0 Å². The van der Waals surface area contributed by atoms with Crippen molar-refractivity contribution < 1.29 is 47.1 Å². The van der Waals surface area contributed by atoms with Crippen molar-refractivity contribution in [2.75, 3.05) is 0 Å². The molecular formula is C34H38MnN4O6. The van der Waals surface area contributed by atoms with Gasteiger partial charge >= 0.3 is 11.9 Å². The van der Waals surface area contributed by atoms with Gasteiger partial charge in [-0.3, -0.25) is 9.59 Å². The van der Waals surface area contributed by atoms with E-state index in [1.54, 1.807) is 13.8 Å². The minimum Gasteiger partial charge on any atom is -0.481 e. The Bertz CT molecular complexity index is 1930. The Kier molecular flexibility index (Phi) is 9.89. The number of aryl methyl sites for hydroxylation is 3. The van der Waals surface area contributed by atoms with Crippen LogP contribution in [0.25, 0.3) is 44.4 Å². The van der Waals surface area contributed by atoms with Gasteiger partial charge in [-0.2, -0.15) is 0 Å². The van der Waals surface area contributed by atoms with E-state index < -0.39 is 24.1 Å². The van der Waals surface area contributed by atoms with Gasteiger partial charge in [-0.15, -0.1) is 0 Å². The third-order valence-corrected chi connectivity index (χ3v) is 8.65. The number of H-pyrrole nitrogens is 2. The molecule has 0 saturated heterocycles. The predicted molar refractivity (Wildman–Crippen MR) is 171 cm³/mol. The number of fused-ring (bicyclic) bond motifs is 8. The molecule has 2 unspecified atom stereocenters. The van der Waals surface area contributed by atoms with Crippen molar-refractivity contribution >= 4 is 56.3 Å². The number of aliphatic hydroxyl groups is 2. The molecule has 1 radical (unpaired) electrons. The number of rotatable bonds is 8. The number of aliphatic carboxylic acids is 2. The molecule has 5 rings (SSSR count). The molecule has 2 aliphatic rings. The second-order valence-corrected chi connectivity index (χ2v) is 11.7. The van der Waals surface area contributed by atoms with Gasteiger partial charge in [-0.05, 0) is 112 Å². The molecule has 0 aliphatic carbocycles. The molecular weight excluding hydrogens is 615 g/mol. The Balaban J connectivity index is 0.00000461. The van der Waals surface area contributed by atoms with Crippen molar-refractivity contribution in [3.05, 3.63) is 69.3 Å². The van der Waals surface area contributed by atoms with Crippen LogP contribution in [-0.4, -0.2) is 58.4 Å². The van der Waals surface area contributed by atoms with Crippen LogP contribution in [0.5, 0.6) is 0 Å². The maximum atomic E-state index is 11.6. The Labute approximate surface area is 271 Å². The van der Waals surface area contributed by atoms with E-state index in [2.05, 4.69) is 9.97 Å². The predicted octanol–water partition coefficient (Wildman–Crippen LogP) is 6.11. The number of allylic oxidation sites excluding steroid dienone is 3. The Morgan fingerprint density at radius 2 is 1.20 bits per heavy atom. The van der Waals surface area contributed by atoms with E-state index in [0.717, 1.165) is 44.4 Å². The van der Waals surface area contributed by atoms with E-state index in [4.69, 9.17) is 9.97 Å². The zero-order chi connectivity index (χ0) is 32.0. The Morgan fingerprint density at radius 3 is 1.82 bits per heavy atom. The largest absolute Gasteiger partial charge is 0.481 e. The molecule has 0 fully saturated rings. The minimum atomic E-state index is -0.917. The third kappa shape index (κ3) is 6.53. The first-order valence-electron chi connectivity index (χ1n) is 14.7. The van der Waals surface area contributed by atoms with E-state index in [1.165, 1.54) is 0 Å². The van der Waals surface area contributed by atoms with Crippen LogP contribution < -0.4 is 0 Å². The molecule has 0 aromatic carbocycles. The van der Waals surface area contributed by atoms with Gasteiger partial charge in [0.25, 0.3) is 0 Å². The molecule has 10 nitrogen and oxygen atoms in total. The van der Waals surface area contributed by atoms with E-state index in [1.807, 2.05) is 52.0 Å². The molecule has 45 heavy (non-hydrogen) atoms. The molecule has 237 valence electrons. The van der Waals surface area contributed by atoms with Gasteiger partial charge in [0.05, 0.1) is 35.0 Å². The maximum absolute atomic E-state index is 11.6. The van der Waals surface area contributed by atoms with Gasteiger partial charge in [0.15, 0.2) is 0 Å². The summed E-state index contributed by atoms with van der Waals surface area (Å²) in [5, 5.41) is 40.5. The smallest absolute Gasteiger partial charge is 0.303 e. The molecule has 3 aromatic rings. The van der Waals surface area contributed by atoms with Crippen LogP contribution in [0.15, 0.2) is 24.3 Å². The van der Waals surface area contributed by atoms with Crippen LogP contribution in [0.2, 0.25) is 0 Å².